The van der Waals surface area contributed by atoms with Gasteiger partial charge in [0.25, 0.3) is 0 Å². The summed E-state index contributed by atoms with van der Waals surface area (Å²) in [5.74, 6) is -0.147. The zero-order chi connectivity index (χ0) is 11.0. The van der Waals surface area contributed by atoms with E-state index >= 15 is 0 Å². The van der Waals surface area contributed by atoms with Crippen LogP contribution in [0.15, 0.2) is 12.2 Å². The largest absolute Gasteiger partial charge is 0.462 e. The molecule has 1 saturated heterocycles. The molecule has 0 spiro atoms. The fourth-order valence-corrected chi connectivity index (χ4v) is 2.48. The number of aliphatic hydroxyl groups excluding tert-OH is 2. The standard InChI is InChI=1S/C11H16O4/c1-6(12)2-3-7-8-4-11(14)15-10(8)5-9(7)13/h2-3,6-10,12-13H,4-5H2,1H3/b3-2+/t6-,7+,8+,9+,10-/m0/s1. The molecule has 15 heavy (non-hydrogen) atoms. The second-order valence-corrected chi connectivity index (χ2v) is 4.40. The van der Waals surface area contributed by atoms with Crippen molar-refractivity contribution in [2.45, 2.75) is 38.1 Å². The molecule has 4 heteroatoms. The number of esters is 1. The average Bonchev–Trinajstić information content (AvgIpc) is 2.57. The van der Waals surface area contributed by atoms with Gasteiger partial charge in [0.2, 0.25) is 0 Å². The van der Waals surface area contributed by atoms with E-state index in [2.05, 4.69) is 0 Å². The Hall–Kier alpha value is -0.870. The van der Waals surface area contributed by atoms with Crippen LogP contribution in [-0.2, 0) is 9.53 Å². The van der Waals surface area contributed by atoms with E-state index in [-0.39, 0.29) is 23.9 Å². The molecule has 1 heterocycles. The van der Waals surface area contributed by atoms with Crippen molar-refractivity contribution in [3.63, 3.8) is 0 Å². The SMILES string of the molecule is C[C@H](O)/C=C/[C@@H]1[C@H]2CC(=O)O[C@H]2C[C@H]1O. The molecule has 1 aliphatic carbocycles. The molecule has 0 bridgehead atoms. The number of fused-ring (bicyclic) bond motifs is 1. The molecule has 1 saturated carbocycles. The van der Waals surface area contributed by atoms with E-state index < -0.39 is 12.2 Å². The van der Waals surface area contributed by atoms with Crippen LogP contribution in [-0.4, -0.2) is 34.5 Å². The maximum atomic E-state index is 11.1. The molecular formula is C11H16O4. The Labute approximate surface area is 88.6 Å². The Morgan fingerprint density at radius 1 is 1.60 bits per heavy atom. The van der Waals surface area contributed by atoms with Crippen LogP contribution in [0, 0.1) is 11.8 Å². The van der Waals surface area contributed by atoms with Crippen LogP contribution < -0.4 is 0 Å². The van der Waals surface area contributed by atoms with Crippen LogP contribution in [0.5, 0.6) is 0 Å². The van der Waals surface area contributed by atoms with Gasteiger partial charge in [0.15, 0.2) is 0 Å². The Kier molecular flexibility index (Phi) is 2.80. The van der Waals surface area contributed by atoms with Gasteiger partial charge in [0.05, 0.1) is 18.6 Å². The number of hydrogen-bond donors (Lipinski definition) is 2. The highest BCUT2D eigenvalue weighted by molar-refractivity contribution is 5.72. The van der Waals surface area contributed by atoms with Gasteiger partial charge in [0.1, 0.15) is 6.10 Å². The van der Waals surface area contributed by atoms with Crippen LogP contribution in [0.1, 0.15) is 19.8 Å². The van der Waals surface area contributed by atoms with E-state index in [4.69, 9.17) is 9.84 Å². The van der Waals surface area contributed by atoms with Crippen molar-refractivity contribution in [1.82, 2.24) is 0 Å². The first-order chi connectivity index (χ1) is 7.08. The predicted molar refractivity (Wildman–Crippen MR) is 52.9 cm³/mol. The van der Waals surface area contributed by atoms with E-state index in [0.29, 0.717) is 12.8 Å². The lowest BCUT2D eigenvalue weighted by atomic mass is 9.91. The lowest BCUT2D eigenvalue weighted by molar-refractivity contribution is -0.141. The minimum atomic E-state index is -0.519. The molecule has 2 N–H and O–H groups in total. The lowest BCUT2D eigenvalue weighted by Gasteiger charge is -2.14. The predicted octanol–water partition coefficient (Wildman–Crippen LogP) is 0.236. The Bertz CT molecular complexity index is 284. The molecular weight excluding hydrogens is 196 g/mol. The fourth-order valence-electron chi connectivity index (χ4n) is 2.48. The normalized spacial score (nSPS) is 41.9. The van der Waals surface area contributed by atoms with E-state index in [9.17, 15) is 9.90 Å². The van der Waals surface area contributed by atoms with Gasteiger partial charge in [-0.15, -0.1) is 0 Å². The van der Waals surface area contributed by atoms with E-state index in [1.165, 1.54) is 0 Å². The molecule has 2 rings (SSSR count). The molecule has 0 aromatic heterocycles. The molecule has 0 unspecified atom stereocenters. The Morgan fingerprint density at radius 3 is 3.00 bits per heavy atom. The van der Waals surface area contributed by atoms with Crippen LogP contribution in [0.4, 0.5) is 0 Å². The summed E-state index contributed by atoms with van der Waals surface area (Å²) in [6.07, 6.45) is 3.26. The quantitative estimate of drug-likeness (QED) is 0.508. The van der Waals surface area contributed by atoms with Crippen LogP contribution in [0.25, 0.3) is 0 Å². The van der Waals surface area contributed by atoms with E-state index in [1.54, 1.807) is 13.0 Å². The highest BCUT2D eigenvalue weighted by Crippen LogP contribution is 2.41. The van der Waals surface area contributed by atoms with Crippen LogP contribution >= 0.6 is 0 Å². The molecule has 2 fully saturated rings. The second-order valence-electron chi connectivity index (χ2n) is 4.40. The highest BCUT2D eigenvalue weighted by atomic mass is 16.6. The average molecular weight is 212 g/mol. The van der Waals surface area contributed by atoms with Gasteiger partial charge in [0, 0.05) is 18.3 Å². The number of hydrogen-bond acceptors (Lipinski definition) is 4. The molecule has 84 valence electrons. The summed E-state index contributed by atoms with van der Waals surface area (Å²) in [4.78, 5) is 11.1. The third-order valence-electron chi connectivity index (χ3n) is 3.19. The monoisotopic (exact) mass is 212 g/mol. The summed E-state index contributed by atoms with van der Waals surface area (Å²) in [5.41, 5.74) is 0. The van der Waals surface area contributed by atoms with Gasteiger partial charge in [-0.3, -0.25) is 4.79 Å². The maximum Gasteiger partial charge on any atom is 0.306 e. The number of carbonyl (C=O) groups is 1. The highest BCUT2D eigenvalue weighted by Gasteiger charge is 2.48. The molecule has 5 atom stereocenters. The summed E-state index contributed by atoms with van der Waals surface area (Å²) in [5, 5.41) is 18.9. The van der Waals surface area contributed by atoms with Crippen molar-refractivity contribution < 1.29 is 19.7 Å². The van der Waals surface area contributed by atoms with Crippen LogP contribution in [0.2, 0.25) is 0 Å². The number of carbonyl (C=O) groups excluding carboxylic acids is 1. The fraction of sp³-hybridized carbons (Fsp3) is 0.727. The third kappa shape index (κ3) is 2.06. The summed E-state index contributed by atoms with van der Waals surface area (Å²) >= 11 is 0. The van der Waals surface area contributed by atoms with Crippen molar-refractivity contribution in [2.75, 3.05) is 0 Å². The van der Waals surface area contributed by atoms with Gasteiger partial charge in [-0.2, -0.15) is 0 Å². The van der Waals surface area contributed by atoms with Gasteiger partial charge in [-0.25, -0.2) is 0 Å². The van der Waals surface area contributed by atoms with Crippen molar-refractivity contribution >= 4 is 5.97 Å². The maximum absolute atomic E-state index is 11.1. The smallest absolute Gasteiger partial charge is 0.306 e. The minimum Gasteiger partial charge on any atom is -0.462 e. The van der Waals surface area contributed by atoms with Crippen molar-refractivity contribution in [3.8, 4) is 0 Å². The zero-order valence-electron chi connectivity index (χ0n) is 8.67. The van der Waals surface area contributed by atoms with Gasteiger partial charge in [-0.1, -0.05) is 12.2 Å². The van der Waals surface area contributed by atoms with Crippen molar-refractivity contribution in [1.29, 1.82) is 0 Å². The van der Waals surface area contributed by atoms with Crippen LogP contribution in [0.3, 0.4) is 0 Å². The molecule has 2 aliphatic rings. The summed E-state index contributed by atoms with van der Waals surface area (Å²) in [6.45, 7) is 1.66. The van der Waals surface area contributed by atoms with Crippen molar-refractivity contribution in [3.05, 3.63) is 12.2 Å². The lowest BCUT2D eigenvalue weighted by Crippen LogP contribution is -2.18. The molecule has 0 amide bonds. The molecule has 4 nitrogen and oxygen atoms in total. The van der Waals surface area contributed by atoms with Gasteiger partial charge < -0.3 is 14.9 Å². The summed E-state index contributed by atoms with van der Waals surface area (Å²) in [6, 6.07) is 0. The van der Waals surface area contributed by atoms with Gasteiger partial charge >= 0.3 is 5.97 Å². The van der Waals surface area contributed by atoms with Gasteiger partial charge in [-0.05, 0) is 6.92 Å². The van der Waals surface area contributed by atoms with E-state index in [0.717, 1.165) is 0 Å². The Morgan fingerprint density at radius 2 is 2.33 bits per heavy atom. The Balaban J connectivity index is 2.07. The molecule has 0 aromatic carbocycles. The number of ether oxygens (including phenoxy) is 1. The van der Waals surface area contributed by atoms with E-state index in [1.807, 2.05) is 6.08 Å². The molecule has 1 aliphatic heterocycles. The molecule has 0 aromatic rings. The number of aliphatic hydroxyl groups is 2. The molecule has 0 radical (unpaired) electrons. The first-order valence-corrected chi connectivity index (χ1v) is 5.32. The first-order valence-electron chi connectivity index (χ1n) is 5.32. The summed E-state index contributed by atoms with van der Waals surface area (Å²) in [7, 11) is 0. The first kappa shape index (κ1) is 10.6. The van der Waals surface area contributed by atoms with Crippen molar-refractivity contribution in [2.24, 2.45) is 11.8 Å². The minimum absolute atomic E-state index is 0.0592. The third-order valence-corrected chi connectivity index (χ3v) is 3.19. The summed E-state index contributed by atoms with van der Waals surface area (Å²) < 4.78 is 5.10. The second kappa shape index (κ2) is 3.94. The zero-order valence-corrected chi connectivity index (χ0v) is 8.67. The topological polar surface area (TPSA) is 66.8 Å². The number of rotatable bonds is 2.